The first-order chi connectivity index (χ1) is 21.2. The van der Waals surface area contributed by atoms with Gasteiger partial charge in [-0.2, -0.15) is 5.26 Å². The van der Waals surface area contributed by atoms with Crippen molar-refractivity contribution < 1.29 is 0 Å². The lowest BCUT2D eigenvalue weighted by atomic mass is 9.95. The van der Waals surface area contributed by atoms with E-state index < -0.39 is 0 Å². The molecule has 7 aromatic rings. The molecule has 0 aliphatic rings. The Hall–Kier alpha value is -6.16. The van der Waals surface area contributed by atoms with Crippen molar-refractivity contribution in [2.75, 3.05) is 4.90 Å². The van der Waals surface area contributed by atoms with Crippen LogP contribution in [0.15, 0.2) is 152 Å². The number of fused-ring (bicyclic) bond motifs is 2. The van der Waals surface area contributed by atoms with Crippen molar-refractivity contribution in [2.24, 2.45) is 0 Å². The average molecular weight is 548 g/mol. The molecule has 7 rings (SSSR count). The van der Waals surface area contributed by atoms with Crippen LogP contribution in [0.2, 0.25) is 0 Å². The molecule has 0 heterocycles. The standard InChI is InChI=1S/C40H25N3/c1-42-40-26-25-36(38-13-7-8-14-39(38)40)29-17-22-33(23-18-29)43(31-9-3-2-4-10-31)32-20-15-28(16-21-32)35-24-19-30(27-41)34-11-5-6-12-37(34)35/h2-26H. The number of para-hydroxylation sites is 1. The van der Waals surface area contributed by atoms with Crippen LogP contribution in [-0.2, 0) is 0 Å². The normalized spacial score (nSPS) is 10.7. The third kappa shape index (κ3) is 4.66. The summed E-state index contributed by atoms with van der Waals surface area (Å²) in [4.78, 5) is 5.97. The minimum atomic E-state index is 0.670. The molecule has 0 radical (unpaired) electrons. The predicted molar refractivity (Wildman–Crippen MR) is 178 cm³/mol. The summed E-state index contributed by atoms with van der Waals surface area (Å²) in [5, 5.41) is 13.7. The molecule has 0 N–H and O–H groups in total. The summed E-state index contributed by atoms with van der Waals surface area (Å²) in [5.41, 5.74) is 8.94. The van der Waals surface area contributed by atoms with Gasteiger partial charge < -0.3 is 4.90 Å². The topological polar surface area (TPSA) is 31.4 Å². The average Bonchev–Trinajstić information content (AvgIpc) is 3.08. The van der Waals surface area contributed by atoms with Crippen molar-refractivity contribution in [1.82, 2.24) is 0 Å². The summed E-state index contributed by atoms with van der Waals surface area (Å²) in [6, 6.07) is 54.0. The van der Waals surface area contributed by atoms with Gasteiger partial charge in [-0.1, -0.05) is 109 Å². The van der Waals surface area contributed by atoms with Gasteiger partial charge in [0.15, 0.2) is 5.69 Å². The van der Waals surface area contributed by atoms with Crippen molar-refractivity contribution in [3.63, 3.8) is 0 Å². The number of rotatable bonds is 5. The Bertz CT molecular complexity index is 2040. The van der Waals surface area contributed by atoms with Gasteiger partial charge in [0.1, 0.15) is 0 Å². The van der Waals surface area contributed by atoms with Crippen molar-refractivity contribution in [3.8, 4) is 28.3 Å². The molecule has 0 saturated carbocycles. The van der Waals surface area contributed by atoms with Crippen LogP contribution in [0.25, 0.3) is 48.6 Å². The Balaban J connectivity index is 1.28. The summed E-state index contributed by atoms with van der Waals surface area (Å²) in [5.74, 6) is 0. The van der Waals surface area contributed by atoms with Gasteiger partial charge in [0.05, 0.1) is 18.2 Å². The van der Waals surface area contributed by atoms with Crippen LogP contribution < -0.4 is 4.90 Å². The smallest absolute Gasteiger partial charge is 0.194 e. The summed E-state index contributed by atoms with van der Waals surface area (Å²) in [7, 11) is 0. The fourth-order valence-electron chi connectivity index (χ4n) is 5.89. The van der Waals surface area contributed by atoms with Gasteiger partial charge in [-0.15, -0.1) is 0 Å². The Labute approximate surface area is 251 Å². The molecule has 3 nitrogen and oxygen atoms in total. The highest BCUT2D eigenvalue weighted by molar-refractivity contribution is 6.04. The molecule has 0 fully saturated rings. The van der Waals surface area contributed by atoms with Crippen molar-refractivity contribution in [2.45, 2.75) is 0 Å². The van der Waals surface area contributed by atoms with Crippen LogP contribution in [0, 0.1) is 17.9 Å². The zero-order chi connectivity index (χ0) is 29.2. The third-order valence-corrected chi connectivity index (χ3v) is 7.95. The molecule has 0 unspecified atom stereocenters. The number of anilines is 3. The quantitative estimate of drug-likeness (QED) is 0.201. The van der Waals surface area contributed by atoms with E-state index >= 15 is 0 Å². The van der Waals surface area contributed by atoms with Gasteiger partial charge in [0.2, 0.25) is 0 Å². The van der Waals surface area contributed by atoms with Crippen LogP contribution >= 0.6 is 0 Å². The molecule has 0 amide bonds. The first kappa shape index (κ1) is 25.8. The van der Waals surface area contributed by atoms with Gasteiger partial charge in [-0.3, -0.25) is 0 Å². The first-order valence-corrected chi connectivity index (χ1v) is 14.1. The summed E-state index contributed by atoms with van der Waals surface area (Å²) in [6.45, 7) is 7.56. The molecule has 0 aliphatic carbocycles. The van der Waals surface area contributed by atoms with Gasteiger partial charge in [-0.25, -0.2) is 4.85 Å². The van der Waals surface area contributed by atoms with Crippen molar-refractivity contribution in [3.05, 3.63) is 169 Å². The van der Waals surface area contributed by atoms with E-state index in [1.807, 2.05) is 66.7 Å². The molecule has 0 aliphatic heterocycles. The maximum absolute atomic E-state index is 9.59. The van der Waals surface area contributed by atoms with Crippen LogP contribution in [0.3, 0.4) is 0 Å². The van der Waals surface area contributed by atoms with Crippen LogP contribution in [0.5, 0.6) is 0 Å². The molecular formula is C40H25N3. The molecule has 7 aromatic carbocycles. The number of hydrogen-bond donors (Lipinski definition) is 0. The molecule has 0 atom stereocenters. The zero-order valence-electron chi connectivity index (χ0n) is 23.3. The second-order valence-electron chi connectivity index (χ2n) is 10.4. The minimum absolute atomic E-state index is 0.670. The zero-order valence-corrected chi connectivity index (χ0v) is 23.3. The van der Waals surface area contributed by atoms with Gasteiger partial charge in [0, 0.05) is 22.4 Å². The number of hydrogen-bond acceptors (Lipinski definition) is 2. The summed E-state index contributed by atoms with van der Waals surface area (Å²) in [6.07, 6.45) is 0. The third-order valence-electron chi connectivity index (χ3n) is 7.95. The van der Waals surface area contributed by atoms with E-state index in [0.717, 1.165) is 60.9 Å². The van der Waals surface area contributed by atoms with Crippen LogP contribution in [0.1, 0.15) is 5.56 Å². The molecule has 43 heavy (non-hydrogen) atoms. The lowest BCUT2D eigenvalue weighted by Gasteiger charge is -2.26. The number of nitriles is 1. The van der Waals surface area contributed by atoms with Crippen LogP contribution in [0.4, 0.5) is 22.7 Å². The molecule has 0 aromatic heterocycles. The summed E-state index contributed by atoms with van der Waals surface area (Å²) < 4.78 is 0. The molecule has 200 valence electrons. The monoisotopic (exact) mass is 547 g/mol. The molecule has 0 bridgehead atoms. The van der Waals surface area contributed by atoms with E-state index in [1.165, 1.54) is 0 Å². The van der Waals surface area contributed by atoms with Gasteiger partial charge >= 0.3 is 0 Å². The highest BCUT2D eigenvalue weighted by Gasteiger charge is 2.15. The first-order valence-electron chi connectivity index (χ1n) is 14.1. The highest BCUT2D eigenvalue weighted by atomic mass is 15.1. The Morgan fingerprint density at radius 1 is 0.465 bits per heavy atom. The van der Waals surface area contributed by atoms with E-state index in [2.05, 4.69) is 101 Å². The minimum Gasteiger partial charge on any atom is -0.311 e. The number of benzene rings is 7. The van der Waals surface area contributed by atoms with Crippen LogP contribution in [-0.4, -0.2) is 0 Å². The fourth-order valence-corrected chi connectivity index (χ4v) is 5.89. The maximum atomic E-state index is 9.59. The van der Waals surface area contributed by atoms with E-state index in [0.29, 0.717) is 11.3 Å². The lowest BCUT2D eigenvalue weighted by molar-refractivity contribution is 1.28. The van der Waals surface area contributed by atoms with E-state index in [9.17, 15) is 5.26 Å². The Kier molecular flexibility index (Phi) is 6.61. The molecular weight excluding hydrogens is 522 g/mol. The van der Waals surface area contributed by atoms with E-state index in [4.69, 9.17) is 6.57 Å². The Morgan fingerprint density at radius 3 is 1.49 bits per heavy atom. The second-order valence-corrected chi connectivity index (χ2v) is 10.4. The second kappa shape index (κ2) is 11.0. The van der Waals surface area contributed by atoms with E-state index in [-0.39, 0.29) is 0 Å². The molecule has 0 saturated heterocycles. The molecule has 0 spiro atoms. The van der Waals surface area contributed by atoms with Crippen molar-refractivity contribution >= 4 is 44.3 Å². The highest BCUT2D eigenvalue weighted by Crippen LogP contribution is 2.39. The van der Waals surface area contributed by atoms with Crippen molar-refractivity contribution in [1.29, 1.82) is 5.26 Å². The van der Waals surface area contributed by atoms with Gasteiger partial charge in [-0.05, 0) is 80.9 Å². The molecule has 3 heteroatoms. The fraction of sp³-hybridized carbons (Fsp3) is 0. The Morgan fingerprint density at radius 2 is 0.930 bits per heavy atom. The number of nitrogens with zero attached hydrogens (tertiary/aromatic N) is 3. The summed E-state index contributed by atoms with van der Waals surface area (Å²) >= 11 is 0. The largest absolute Gasteiger partial charge is 0.311 e. The van der Waals surface area contributed by atoms with Gasteiger partial charge in [0.25, 0.3) is 0 Å². The SMILES string of the molecule is [C-]#[N+]c1ccc(-c2ccc(N(c3ccccc3)c3ccc(-c4ccc(C#N)c5ccccc45)cc3)cc2)c2ccccc12. The maximum Gasteiger partial charge on any atom is 0.194 e. The lowest BCUT2D eigenvalue weighted by Crippen LogP contribution is -2.09. The predicted octanol–water partition coefficient (Wildman–Crippen LogP) is 11.2. The van der Waals surface area contributed by atoms with E-state index in [1.54, 1.807) is 0 Å².